The Hall–Kier alpha value is -2.82. The van der Waals surface area contributed by atoms with Gasteiger partial charge in [0.1, 0.15) is 11.7 Å². The smallest absolute Gasteiger partial charge is 0.230 e. The SMILES string of the molecule is CCCCOc1ccc(N(C)C)c2c1C(=O)C1C(=O)[C@]3(O)C(=O)C(C(N)=O)C(O)[C@@H](N(C)C)[C@@H]3C[C@@H]1C2. The first-order valence-electron chi connectivity index (χ1n) is 12.8. The summed E-state index contributed by atoms with van der Waals surface area (Å²) < 4.78 is 5.95. The Balaban J connectivity index is 1.85. The van der Waals surface area contributed by atoms with E-state index in [2.05, 4.69) is 0 Å². The zero-order valence-electron chi connectivity index (χ0n) is 22.1. The first kappa shape index (κ1) is 27.2. The zero-order valence-corrected chi connectivity index (χ0v) is 22.1. The van der Waals surface area contributed by atoms with E-state index >= 15 is 0 Å². The number of likely N-dealkylation sites (N-methyl/N-ethyl adjacent to an activating group) is 1. The average Bonchev–Trinajstić information content (AvgIpc) is 2.81. The van der Waals surface area contributed by atoms with Crippen molar-refractivity contribution < 1.29 is 34.1 Å². The summed E-state index contributed by atoms with van der Waals surface area (Å²) in [6, 6.07) is 2.72. The number of hydrogen-bond donors (Lipinski definition) is 3. The third kappa shape index (κ3) is 4.06. The molecule has 3 aliphatic carbocycles. The minimum atomic E-state index is -2.61. The van der Waals surface area contributed by atoms with Crippen molar-refractivity contribution in [1.29, 1.82) is 0 Å². The van der Waals surface area contributed by atoms with Gasteiger partial charge in [-0.1, -0.05) is 13.3 Å². The molecular formula is C27H37N3O7. The molecule has 4 N–H and O–H groups in total. The lowest BCUT2D eigenvalue weighted by Crippen LogP contribution is -2.75. The van der Waals surface area contributed by atoms with Gasteiger partial charge in [0.2, 0.25) is 5.91 Å². The lowest BCUT2D eigenvalue weighted by molar-refractivity contribution is -0.190. The van der Waals surface area contributed by atoms with E-state index in [1.54, 1.807) is 25.1 Å². The number of carbonyl (C=O) groups excluding carboxylic acids is 4. The van der Waals surface area contributed by atoms with Crippen molar-refractivity contribution in [3.8, 4) is 5.75 Å². The highest BCUT2D eigenvalue weighted by Gasteiger charge is 2.69. The summed E-state index contributed by atoms with van der Waals surface area (Å²) in [5.74, 6) is -7.80. The molecule has 3 aliphatic rings. The summed E-state index contributed by atoms with van der Waals surface area (Å²) in [4.78, 5) is 57.1. The van der Waals surface area contributed by atoms with Gasteiger partial charge in [-0.25, -0.2) is 0 Å². The highest BCUT2D eigenvalue weighted by atomic mass is 16.5. The molecule has 37 heavy (non-hydrogen) atoms. The maximum atomic E-state index is 14.0. The van der Waals surface area contributed by atoms with Gasteiger partial charge in [-0.05, 0) is 57.0 Å². The van der Waals surface area contributed by atoms with Crippen LogP contribution in [-0.4, -0.2) is 90.9 Å². The number of Topliss-reactive ketones (excluding diaryl/α,β-unsaturated/α-hetero) is 3. The molecule has 1 aromatic carbocycles. The van der Waals surface area contributed by atoms with E-state index in [1.807, 2.05) is 32.0 Å². The molecular weight excluding hydrogens is 478 g/mol. The van der Waals surface area contributed by atoms with E-state index in [4.69, 9.17) is 10.5 Å². The Morgan fingerprint density at radius 3 is 2.41 bits per heavy atom. The third-order valence-corrected chi connectivity index (χ3v) is 8.37. The van der Waals surface area contributed by atoms with Crippen molar-refractivity contribution in [2.45, 2.75) is 50.4 Å². The highest BCUT2D eigenvalue weighted by molar-refractivity contribution is 6.25. The highest BCUT2D eigenvalue weighted by Crippen LogP contribution is 2.52. The van der Waals surface area contributed by atoms with Gasteiger partial charge in [-0.2, -0.15) is 0 Å². The predicted octanol–water partition coefficient (Wildman–Crippen LogP) is 0.198. The second-order valence-corrected chi connectivity index (χ2v) is 11.0. The van der Waals surface area contributed by atoms with Crippen molar-refractivity contribution in [3.63, 3.8) is 0 Å². The van der Waals surface area contributed by atoms with Crippen LogP contribution in [0.15, 0.2) is 12.1 Å². The molecule has 1 amide bonds. The summed E-state index contributed by atoms with van der Waals surface area (Å²) >= 11 is 0. The number of rotatable bonds is 7. The number of unbranched alkanes of at least 4 members (excludes halogenated alkanes) is 1. The quantitative estimate of drug-likeness (QED) is 0.342. The van der Waals surface area contributed by atoms with Gasteiger partial charge in [-0.3, -0.25) is 19.2 Å². The number of hydrogen-bond acceptors (Lipinski definition) is 9. The van der Waals surface area contributed by atoms with Crippen molar-refractivity contribution in [3.05, 3.63) is 23.3 Å². The van der Waals surface area contributed by atoms with Crippen LogP contribution in [0.2, 0.25) is 0 Å². The maximum absolute atomic E-state index is 14.0. The van der Waals surface area contributed by atoms with Crippen molar-refractivity contribution in [1.82, 2.24) is 4.90 Å². The molecule has 10 nitrogen and oxygen atoms in total. The number of amides is 1. The molecule has 0 bridgehead atoms. The van der Waals surface area contributed by atoms with E-state index in [0.29, 0.717) is 24.3 Å². The van der Waals surface area contributed by atoms with Crippen LogP contribution < -0.4 is 15.4 Å². The summed E-state index contributed by atoms with van der Waals surface area (Å²) in [5.41, 5.74) is 4.73. The number of aliphatic hydroxyl groups excluding tert-OH is 1. The van der Waals surface area contributed by atoms with Gasteiger partial charge in [-0.15, -0.1) is 0 Å². The Kier molecular flexibility index (Phi) is 7.22. The number of carbonyl (C=O) groups is 4. The maximum Gasteiger partial charge on any atom is 0.230 e. The van der Waals surface area contributed by atoms with Gasteiger partial charge < -0.3 is 30.5 Å². The molecule has 7 atom stereocenters. The van der Waals surface area contributed by atoms with E-state index in [1.165, 1.54) is 0 Å². The van der Waals surface area contributed by atoms with Crippen LogP contribution in [0.5, 0.6) is 5.75 Å². The molecule has 202 valence electrons. The molecule has 0 saturated heterocycles. The normalized spacial score (nSPS) is 33.0. The fourth-order valence-electron chi connectivity index (χ4n) is 6.66. The molecule has 2 saturated carbocycles. The Morgan fingerprint density at radius 2 is 1.84 bits per heavy atom. The predicted molar refractivity (Wildman–Crippen MR) is 135 cm³/mol. The van der Waals surface area contributed by atoms with Gasteiger partial charge in [0, 0.05) is 31.7 Å². The first-order valence-corrected chi connectivity index (χ1v) is 12.8. The number of nitrogens with two attached hydrogens (primary N) is 1. The lowest BCUT2D eigenvalue weighted by atomic mass is 9.52. The summed E-state index contributed by atoms with van der Waals surface area (Å²) in [5, 5.41) is 22.7. The summed E-state index contributed by atoms with van der Waals surface area (Å²) in [7, 11) is 7.03. The third-order valence-electron chi connectivity index (χ3n) is 8.37. The molecule has 2 fully saturated rings. The fraction of sp³-hybridized carbons (Fsp3) is 0.630. The number of primary amides is 1. The first-order chi connectivity index (χ1) is 17.4. The molecule has 0 aromatic heterocycles. The number of fused-ring (bicyclic) bond motifs is 3. The molecule has 10 heteroatoms. The second-order valence-electron chi connectivity index (χ2n) is 11.0. The van der Waals surface area contributed by atoms with Gasteiger partial charge in [0.25, 0.3) is 0 Å². The molecule has 3 unspecified atom stereocenters. The van der Waals surface area contributed by atoms with E-state index < -0.39 is 64.7 Å². The largest absolute Gasteiger partial charge is 0.493 e. The van der Waals surface area contributed by atoms with E-state index in [9.17, 15) is 29.4 Å². The van der Waals surface area contributed by atoms with Crippen LogP contribution in [0, 0.1) is 23.7 Å². The molecule has 0 radical (unpaired) electrons. The Morgan fingerprint density at radius 1 is 1.16 bits per heavy atom. The topological polar surface area (TPSA) is 150 Å². The number of nitrogens with zero attached hydrogens (tertiary/aromatic N) is 2. The zero-order chi connectivity index (χ0) is 27.4. The number of aliphatic hydroxyl groups is 2. The van der Waals surface area contributed by atoms with Crippen LogP contribution >= 0.6 is 0 Å². The Bertz CT molecular complexity index is 1130. The summed E-state index contributed by atoms with van der Waals surface area (Å²) in [6.07, 6.45) is 0.722. The van der Waals surface area contributed by atoms with Crippen LogP contribution in [0.3, 0.4) is 0 Å². The summed E-state index contributed by atoms with van der Waals surface area (Å²) in [6.45, 7) is 2.44. The van der Waals surface area contributed by atoms with Gasteiger partial charge in [0.15, 0.2) is 23.0 Å². The molecule has 0 heterocycles. The van der Waals surface area contributed by atoms with Gasteiger partial charge in [0.05, 0.1) is 24.2 Å². The number of benzene rings is 1. The molecule has 4 rings (SSSR count). The van der Waals surface area contributed by atoms with E-state index in [0.717, 1.165) is 24.1 Å². The van der Waals surface area contributed by atoms with Gasteiger partial charge >= 0.3 is 0 Å². The van der Waals surface area contributed by atoms with Crippen LogP contribution in [-0.2, 0) is 20.8 Å². The second kappa shape index (κ2) is 9.81. The fourth-order valence-corrected chi connectivity index (χ4v) is 6.66. The van der Waals surface area contributed by atoms with Crippen molar-refractivity contribution in [2.24, 2.45) is 29.4 Å². The van der Waals surface area contributed by atoms with Crippen molar-refractivity contribution in [2.75, 3.05) is 39.7 Å². The van der Waals surface area contributed by atoms with Crippen LogP contribution in [0.4, 0.5) is 5.69 Å². The van der Waals surface area contributed by atoms with Crippen LogP contribution in [0.25, 0.3) is 0 Å². The molecule has 1 aromatic rings. The minimum Gasteiger partial charge on any atom is -0.493 e. The molecule has 0 aliphatic heterocycles. The minimum absolute atomic E-state index is 0.142. The standard InChI is InChI=1S/C27H37N3O7/c1-6-7-10-37-17-9-8-16(29(2)3)14-11-13-12-15-21(30(4)5)23(32)20(26(28)35)25(34)27(15,36)24(33)18(13)22(31)19(14)17/h8-9,13,15,18,20-21,23,32,36H,6-7,10-12H2,1-5H3,(H2,28,35)/t13-,15-,18?,20?,21-,23?,27-/m0/s1. The van der Waals surface area contributed by atoms with Crippen LogP contribution in [0.1, 0.15) is 42.1 Å². The van der Waals surface area contributed by atoms with Crippen molar-refractivity contribution >= 4 is 28.9 Å². The van der Waals surface area contributed by atoms with E-state index in [-0.39, 0.29) is 6.42 Å². The lowest BCUT2D eigenvalue weighted by Gasteiger charge is -2.55. The monoisotopic (exact) mass is 515 g/mol. The average molecular weight is 516 g/mol. The molecule has 0 spiro atoms. The number of anilines is 1. The Labute approximate surface area is 216 Å². The number of ether oxygens (including phenoxy) is 1. The number of ketones is 3.